The van der Waals surface area contributed by atoms with E-state index in [0.29, 0.717) is 16.7 Å². The summed E-state index contributed by atoms with van der Waals surface area (Å²) in [6.45, 7) is 0.123. The minimum absolute atomic E-state index is 0.0369. The largest absolute Gasteiger partial charge is 0.483 e. The van der Waals surface area contributed by atoms with Crippen molar-refractivity contribution in [3.05, 3.63) is 90.4 Å². The number of carbonyl (C=O) groups is 2. The molecule has 0 saturated carbocycles. The van der Waals surface area contributed by atoms with Crippen molar-refractivity contribution in [3.63, 3.8) is 0 Å². The quantitative estimate of drug-likeness (QED) is 0.351. The third-order valence-electron chi connectivity index (χ3n) is 4.50. The first-order valence-corrected chi connectivity index (χ1v) is 11.2. The van der Waals surface area contributed by atoms with Crippen LogP contribution in [0.2, 0.25) is 0 Å². The second kappa shape index (κ2) is 11.1. The Morgan fingerprint density at radius 2 is 1.82 bits per heavy atom. The number of rotatable bonds is 9. The van der Waals surface area contributed by atoms with Gasteiger partial charge < -0.3 is 14.5 Å². The second-order valence-electron chi connectivity index (χ2n) is 6.89. The lowest BCUT2D eigenvalue weighted by Gasteiger charge is -2.11. The fourth-order valence-electron chi connectivity index (χ4n) is 2.95. The molecule has 174 valence electrons. The maximum Gasteiger partial charge on any atom is 0.321 e. The highest BCUT2D eigenvalue weighted by Crippen LogP contribution is 2.23. The van der Waals surface area contributed by atoms with Gasteiger partial charge in [-0.25, -0.2) is 9.18 Å². The SMILES string of the molecule is O=C(CSc1nnc(COc2ccccc2F)n1-c1ccccc1)NC(=O)NCc1ccco1. The van der Waals surface area contributed by atoms with Crippen molar-refractivity contribution in [2.24, 2.45) is 0 Å². The zero-order chi connectivity index (χ0) is 23.8. The van der Waals surface area contributed by atoms with Crippen LogP contribution in [0.25, 0.3) is 5.69 Å². The van der Waals surface area contributed by atoms with Gasteiger partial charge in [-0.15, -0.1) is 10.2 Å². The molecule has 0 aliphatic carbocycles. The number of imide groups is 1. The molecular weight excluding hydrogens is 461 g/mol. The molecule has 0 aliphatic heterocycles. The summed E-state index contributed by atoms with van der Waals surface area (Å²) in [6, 6.07) is 18.1. The second-order valence-corrected chi connectivity index (χ2v) is 7.83. The molecule has 2 aromatic heterocycles. The summed E-state index contributed by atoms with van der Waals surface area (Å²) in [4.78, 5) is 24.2. The number of para-hydroxylation sites is 2. The van der Waals surface area contributed by atoms with E-state index in [4.69, 9.17) is 9.15 Å². The maximum atomic E-state index is 13.9. The highest BCUT2D eigenvalue weighted by atomic mass is 32.2. The number of thioether (sulfide) groups is 1. The van der Waals surface area contributed by atoms with Crippen LogP contribution in [0.3, 0.4) is 0 Å². The number of urea groups is 1. The number of nitrogens with one attached hydrogen (secondary N) is 2. The van der Waals surface area contributed by atoms with Gasteiger partial charge >= 0.3 is 6.03 Å². The number of aromatic nitrogens is 3. The molecular formula is C23H20FN5O4S. The van der Waals surface area contributed by atoms with Crippen molar-refractivity contribution in [1.82, 2.24) is 25.4 Å². The fraction of sp³-hybridized carbons (Fsp3) is 0.130. The Morgan fingerprint density at radius 1 is 1.03 bits per heavy atom. The van der Waals surface area contributed by atoms with Crippen LogP contribution in [0.5, 0.6) is 5.75 Å². The van der Waals surface area contributed by atoms with Crippen LogP contribution in [0.1, 0.15) is 11.6 Å². The van der Waals surface area contributed by atoms with Crippen molar-refractivity contribution in [2.75, 3.05) is 5.75 Å². The summed E-state index contributed by atoms with van der Waals surface area (Å²) in [5.74, 6) is 0.0253. The topological polar surface area (TPSA) is 111 Å². The first kappa shape index (κ1) is 23.1. The van der Waals surface area contributed by atoms with Crippen molar-refractivity contribution >= 4 is 23.7 Å². The van der Waals surface area contributed by atoms with Crippen LogP contribution in [-0.2, 0) is 17.9 Å². The van der Waals surface area contributed by atoms with E-state index in [1.54, 1.807) is 28.8 Å². The molecule has 3 amide bonds. The zero-order valence-electron chi connectivity index (χ0n) is 17.8. The normalized spacial score (nSPS) is 10.6. The molecule has 0 aliphatic rings. The van der Waals surface area contributed by atoms with E-state index >= 15 is 0 Å². The van der Waals surface area contributed by atoms with Gasteiger partial charge in [0.25, 0.3) is 0 Å². The van der Waals surface area contributed by atoms with Crippen molar-refractivity contribution in [2.45, 2.75) is 18.3 Å². The van der Waals surface area contributed by atoms with Crippen LogP contribution in [-0.4, -0.2) is 32.5 Å². The van der Waals surface area contributed by atoms with Crippen molar-refractivity contribution in [3.8, 4) is 11.4 Å². The van der Waals surface area contributed by atoms with Crippen LogP contribution in [0.4, 0.5) is 9.18 Å². The predicted octanol–water partition coefficient (Wildman–Crippen LogP) is 3.70. The van der Waals surface area contributed by atoms with Gasteiger partial charge in [-0.2, -0.15) is 0 Å². The lowest BCUT2D eigenvalue weighted by molar-refractivity contribution is -0.117. The predicted molar refractivity (Wildman–Crippen MR) is 122 cm³/mol. The third kappa shape index (κ3) is 6.01. The summed E-state index contributed by atoms with van der Waals surface area (Å²) in [7, 11) is 0. The van der Waals surface area contributed by atoms with Crippen molar-refractivity contribution in [1.29, 1.82) is 0 Å². The molecule has 11 heteroatoms. The maximum absolute atomic E-state index is 13.9. The van der Waals surface area contributed by atoms with Gasteiger partial charge in [0.15, 0.2) is 22.5 Å². The molecule has 34 heavy (non-hydrogen) atoms. The van der Waals surface area contributed by atoms with E-state index in [1.165, 1.54) is 18.4 Å². The Hall–Kier alpha value is -4.12. The summed E-state index contributed by atoms with van der Waals surface area (Å²) in [5.41, 5.74) is 0.749. The van der Waals surface area contributed by atoms with Gasteiger partial charge in [0.05, 0.1) is 18.6 Å². The van der Waals surface area contributed by atoms with E-state index < -0.39 is 17.8 Å². The van der Waals surface area contributed by atoms with Crippen LogP contribution in [0.15, 0.2) is 82.6 Å². The Bertz CT molecular complexity index is 1250. The molecule has 2 heterocycles. The number of hydrogen-bond acceptors (Lipinski definition) is 7. The summed E-state index contributed by atoms with van der Waals surface area (Å²) in [6.07, 6.45) is 1.50. The molecule has 0 radical (unpaired) electrons. The van der Waals surface area contributed by atoms with E-state index in [-0.39, 0.29) is 24.7 Å². The highest BCUT2D eigenvalue weighted by Gasteiger charge is 2.18. The zero-order valence-corrected chi connectivity index (χ0v) is 18.6. The molecule has 9 nitrogen and oxygen atoms in total. The van der Waals surface area contributed by atoms with Gasteiger partial charge in [0.1, 0.15) is 12.4 Å². The fourth-order valence-corrected chi connectivity index (χ4v) is 3.72. The first-order chi connectivity index (χ1) is 16.6. The minimum atomic E-state index is -0.634. The number of halogens is 1. The van der Waals surface area contributed by atoms with Crippen LogP contribution in [0, 0.1) is 5.82 Å². The Balaban J connectivity index is 1.40. The van der Waals surface area contributed by atoms with Crippen LogP contribution >= 0.6 is 11.8 Å². The van der Waals surface area contributed by atoms with E-state index in [9.17, 15) is 14.0 Å². The average molecular weight is 482 g/mol. The number of amides is 3. The molecule has 0 saturated heterocycles. The average Bonchev–Trinajstić information content (AvgIpc) is 3.51. The molecule has 4 rings (SSSR count). The van der Waals surface area contributed by atoms with Gasteiger partial charge in [-0.3, -0.25) is 14.7 Å². The summed E-state index contributed by atoms with van der Waals surface area (Å²) >= 11 is 1.10. The molecule has 0 unspecified atom stereocenters. The molecule has 0 atom stereocenters. The number of nitrogens with zero attached hydrogens (tertiary/aromatic N) is 3. The Kier molecular flexibility index (Phi) is 7.56. The number of hydrogen-bond donors (Lipinski definition) is 2. The molecule has 2 aromatic carbocycles. The number of furan rings is 1. The number of ether oxygens (including phenoxy) is 1. The molecule has 4 aromatic rings. The van der Waals surface area contributed by atoms with Gasteiger partial charge in [-0.05, 0) is 36.4 Å². The summed E-state index contributed by atoms with van der Waals surface area (Å²) in [5, 5.41) is 13.5. The highest BCUT2D eigenvalue weighted by molar-refractivity contribution is 7.99. The number of benzene rings is 2. The van der Waals surface area contributed by atoms with E-state index in [2.05, 4.69) is 20.8 Å². The number of carbonyl (C=O) groups excluding carboxylic acids is 2. The smallest absolute Gasteiger partial charge is 0.321 e. The summed E-state index contributed by atoms with van der Waals surface area (Å²) < 4.78 is 26.3. The monoisotopic (exact) mass is 481 g/mol. The van der Waals surface area contributed by atoms with Gasteiger partial charge in [0.2, 0.25) is 5.91 Å². The third-order valence-corrected chi connectivity index (χ3v) is 5.43. The minimum Gasteiger partial charge on any atom is -0.483 e. The standard InChI is InChI=1S/C23H20FN5O4S/c24-18-10-4-5-11-19(18)33-14-20-27-28-23(29(20)16-7-2-1-3-8-16)34-15-21(30)26-22(31)25-13-17-9-6-12-32-17/h1-12H,13-15H2,(H2,25,26,30,31). The molecule has 2 N–H and O–H groups in total. The van der Waals surface area contributed by atoms with Gasteiger partial charge in [0, 0.05) is 5.69 Å². The first-order valence-electron chi connectivity index (χ1n) is 10.2. The molecule has 0 bridgehead atoms. The lowest BCUT2D eigenvalue weighted by Crippen LogP contribution is -2.39. The van der Waals surface area contributed by atoms with E-state index in [0.717, 1.165) is 17.4 Å². The Labute approximate surface area is 198 Å². The van der Waals surface area contributed by atoms with Crippen molar-refractivity contribution < 1.29 is 23.1 Å². The molecule has 0 spiro atoms. The molecule has 0 fully saturated rings. The van der Waals surface area contributed by atoms with E-state index in [1.807, 2.05) is 30.3 Å². The van der Waals surface area contributed by atoms with Gasteiger partial charge in [-0.1, -0.05) is 42.1 Å². The van der Waals surface area contributed by atoms with Crippen LogP contribution < -0.4 is 15.4 Å². The Morgan fingerprint density at radius 3 is 2.59 bits per heavy atom. The lowest BCUT2D eigenvalue weighted by atomic mass is 10.3.